The number of amides is 1. The monoisotopic (exact) mass is 593 g/mol. The topological polar surface area (TPSA) is 93.0 Å². The molecule has 3 aromatic carbocycles. The summed E-state index contributed by atoms with van der Waals surface area (Å²) in [5.41, 5.74) is 3.77. The molecule has 1 aromatic heterocycles. The molecule has 1 amide bonds. The summed E-state index contributed by atoms with van der Waals surface area (Å²) in [4.78, 5) is 28.5. The van der Waals surface area contributed by atoms with Crippen molar-refractivity contribution >= 4 is 27.5 Å². The minimum absolute atomic E-state index is 0.0247. The Bertz CT molecular complexity index is 1610. The minimum Gasteiger partial charge on any atom is -0.336 e. The molecule has 4 aromatic rings. The second-order valence-electron chi connectivity index (χ2n) is 11.0. The van der Waals surface area contributed by atoms with Gasteiger partial charge in [-0.2, -0.15) is 10.6 Å². The van der Waals surface area contributed by atoms with Crippen LogP contribution in [0.3, 0.4) is 0 Å². The van der Waals surface area contributed by atoms with E-state index in [9.17, 15) is 13.9 Å². The maximum Gasteiger partial charge on any atom is 0.253 e. The van der Waals surface area contributed by atoms with Gasteiger partial charge in [-0.25, -0.2) is 13.8 Å². The molecule has 0 atom stereocenters. The second kappa shape index (κ2) is 11.7. The minimum atomic E-state index is -2.59. The lowest BCUT2D eigenvalue weighted by Crippen LogP contribution is -2.47. The van der Waals surface area contributed by atoms with E-state index in [-0.39, 0.29) is 29.5 Å². The van der Waals surface area contributed by atoms with E-state index >= 15 is 8.78 Å². The number of nitrogens with zero attached hydrogens (tertiary/aromatic N) is 5. The Morgan fingerprint density at radius 2 is 1.60 bits per heavy atom. The molecular weight excluding hydrogens is 560 g/mol. The average Bonchev–Trinajstić information content (AvgIpc) is 2.99. The molecule has 42 heavy (non-hydrogen) atoms. The molecule has 11 heteroatoms. The fraction of sp³-hybridized carbons (Fsp3) is 0.323. The van der Waals surface area contributed by atoms with Crippen LogP contribution in [-0.4, -0.2) is 97.5 Å². The normalized spacial score (nSPS) is 18.7. The molecule has 0 aliphatic carbocycles. The summed E-state index contributed by atoms with van der Waals surface area (Å²) in [5.74, 6) is -0.948. The number of hydrogen-bond acceptors (Lipinski definition) is 7. The van der Waals surface area contributed by atoms with Gasteiger partial charge in [0.25, 0.3) is 5.91 Å². The molecule has 2 fully saturated rings. The highest BCUT2D eigenvalue weighted by atomic mass is 32.3. The first kappa shape index (κ1) is 28.6. The van der Waals surface area contributed by atoms with Gasteiger partial charge in [-0.15, -0.1) is 0 Å². The standard InChI is InChI=1S/C31H33F2N5O3S/c1-36-8-10-38(11-9-36)31(39)22-5-2-4-21(16-22)29-19-34-28-7-3-6-24(30(28)35-29)23-17-26(32)25(27(33)18-23)20-37-12-14-42(40,41)15-13-37/h2-7,16-19,40-41H,8-15,20H2,1H3. The Balaban J connectivity index is 1.29. The fourth-order valence-electron chi connectivity index (χ4n) is 5.46. The maximum absolute atomic E-state index is 15.3. The lowest BCUT2D eigenvalue weighted by Gasteiger charge is -2.41. The highest BCUT2D eigenvalue weighted by Crippen LogP contribution is 2.41. The number of carbonyl (C=O) groups is 1. The molecule has 8 nitrogen and oxygen atoms in total. The van der Waals surface area contributed by atoms with Crippen LogP contribution in [0.2, 0.25) is 0 Å². The summed E-state index contributed by atoms with van der Waals surface area (Å²) in [7, 11) is -0.548. The van der Waals surface area contributed by atoms with Gasteiger partial charge in [0, 0.05) is 68.1 Å². The smallest absolute Gasteiger partial charge is 0.253 e. The Morgan fingerprint density at radius 3 is 2.31 bits per heavy atom. The molecule has 2 aliphatic heterocycles. The van der Waals surface area contributed by atoms with Crippen molar-refractivity contribution in [1.29, 1.82) is 0 Å². The maximum atomic E-state index is 15.3. The van der Waals surface area contributed by atoms with Crippen LogP contribution < -0.4 is 0 Å². The van der Waals surface area contributed by atoms with Crippen molar-refractivity contribution in [2.24, 2.45) is 0 Å². The molecule has 2 saturated heterocycles. The number of hydrogen-bond donors (Lipinski definition) is 2. The lowest BCUT2D eigenvalue weighted by molar-refractivity contribution is 0.0664. The van der Waals surface area contributed by atoms with Gasteiger partial charge in [-0.05, 0) is 42.9 Å². The van der Waals surface area contributed by atoms with Crippen LogP contribution in [0.5, 0.6) is 0 Å². The lowest BCUT2D eigenvalue weighted by atomic mass is 10.0. The first-order valence-electron chi connectivity index (χ1n) is 14.0. The number of halogens is 2. The second-order valence-corrected chi connectivity index (χ2v) is 13.4. The third-order valence-electron chi connectivity index (χ3n) is 8.07. The largest absolute Gasteiger partial charge is 0.336 e. The summed E-state index contributed by atoms with van der Waals surface area (Å²) < 4.78 is 50.3. The molecule has 0 spiro atoms. The summed E-state index contributed by atoms with van der Waals surface area (Å²) in [5, 5.41) is 0. The number of aromatic nitrogens is 2. The highest BCUT2D eigenvalue weighted by molar-refractivity contribution is 8.24. The van der Waals surface area contributed by atoms with Gasteiger partial charge < -0.3 is 9.80 Å². The number of piperazine rings is 1. The quantitative estimate of drug-likeness (QED) is 0.329. The van der Waals surface area contributed by atoms with Crippen molar-refractivity contribution in [1.82, 2.24) is 24.7 Å². The third-order valence-corrected chi connectivity index (χ3v) is 9.74. The molecule has 0 saturated carbocycles. The summed E-state index contributed by atoms with van der Waals surface area (Å²) >= 11 is 0. The Labute approximate surface area is 245 Å². The van der Waals surface area contributed by atoms with Crippen LogP contribution in [0.15, 0.2) is 60.8 Å². The Hall–Kier alpha value is -3.48. The number of rotatable bonds is 5. The number of benzene rings is 3. The molecule has 2 aliphatic rings. The van der Waals surface area contributed by atoms with Crippen molar-refractivity contribution < 1.29 is 22.7 Å². The van der Waals surface area contributed by atoms with Gasteiger partial charge in [0.05, 0.1) is 34.4 Å². The van der Waals surface area contributed by atoms with E-state index in [2.05, 4.69) is 9.88 Å². The van der Waals surface area contributed by atoms with Gasteiger partial charge in [0.2, 0.25) is 0 Å². The summed E-state index contributed by atoms with van der Waals surface area (Å²) in [6.07, 6.45) is 1.64. The van der Waals surface area contributed by atoms with E-state index in [1.54, 1.807) is 30.5 Å². The van der Waals surface area contributed by atoms with E-state index in [1.807, 2.05) is 35.0 Å². The first-order chi connectivity index (χ1) is 20.2. The van der Waals surface area contributed by atoms with Crippen LogP contribution in [0.4, 0.5) is 8.78 Å². The van der Waals surface area contributed by atoms with E-state index in [0.717, 1.165) is 18.7 Å². The number of likely N-dealkylation sites (N-methyl/N-ethyl adjacent to an activating group) is 1. The molecule has 6 rings (SSSR count). The Morgan fingerprint density at radius 1 is 0.905 bits per heavy atom. The van der Waals surface area contributed by atoms with Crippen molar-refractivity contribution in [3.8, 4) is 22.4 Å². The third kappa shape index (κ3) is 6.02. The predicted octanol–water partition coefficient (Wildman–Crippen LogP) is 5.20. The molecule has 3 heterocycles. The van der Waals surface area contributed by atoms with Crippen LogP contribution in [-0.2, 0) is 6.54 Å². The van der Waals surface area contributed by atoms with Crippen molar-refractivity contribution in [3.63, 3.8) is 0 Å². The SMILES string of the molecule is CN1CCN(C(=O)c2cccc(-c3cnc4cccc(-c5cc(F)c(CN6CCS(O)(O)CC6)c(F)c5)c4n3)c2)CC1. The van der Waals surface area contributed by atoms with E-state index in [1.165, 1.54) is 12.1 Å². The molecule has 0 bridgehead atoms. The van der Waals surface area contributed by atoms with Crippen LogP contribution >= 0.6 is 10.6 Å². The summed E-state index contributed by atoms with van der Waals surface area (Å²) in [6, 6.07) is 15.3. The molecular formula is C31H33F2N5O3S. The van der Waals surface area contributed by atoms with Gasteiger partial charge in [0.15, 0.2) is 0 Å². The first-order valence-corrected chi connectivity index (χ1v) is 15.8. The zero-order valence-electron chi connectivity index (χ0n) is 23.3. The molecule has 220 valence electrons. The van der Waals surface area contributed by atoms with Crippen molar-refractivity contribution in [3.05, 3.63) is 83.6 Å². The van der Waals surface area contributed by atoms with Gasteiger partial charge in [-0.3, -0.25) is 23.8 Å². The van der Waals surface area contributed by atoms with E-state index < -0.39 is 22.2 Å². The number of fused-ring (bicyclic) bond motifs is 1. The zero-order chi connectivity index (χ0) is 29.4. The van der Waals surface area contributed by atoms with Crippen molar-refractivity contribution in [2.75, 3.05) is 57.8 Å². The van der Waals surface area contributed by atoms with Crippen LogP contribution in [0, 0.1) is 11.6 Å². The van der Waals surface area contributed by atoms with Gasteiger partial charge in [-0.1, -0.05) is 24.3 Å². The van der Waals surface area contributed by atoms with E-state index in [0.29, 0.717) is 59.6 Å². The van der Waals surface area contributed by atoms with Crippen LogP contribution in [0.25, 0.3) is 33.4 Å². The average molecular weight is 594 g/mol. The highest BCUT2D eigenvalue weighted by Gasteiger charge is 2.25. The van der Waals surface area contributed by atoms with Gasteiger partial charge in [0.1, 0.15) is 11.6 Å². The zero-order valence-corrected chi connectivity index (χ0v) is 24.2. The summed E-state index contributed by atoms with van der Waals surface area (Å²) in [6.45, 7) is 3.81. The predicted molar refractivity (Wildman–Crippen MR) is 162 cm³/mol. The Kier molecular flexibility index (Phi) is 7.95. The number of carbonyl (C=O) groups excluding carboxylic acids is 1. The van der Waals surface area contributed by atoms with E-state index in [4.69, 9.17) is 4.98 Å². The van der Waals surface area contributed by atoms with Gasteiger partial charge >= 0.3 is 0 Å². The van der Waals surface area contributed by atoms with Crippen LogP contribution in [0.1, 0.15) is 15.9 Å². The molecule has 0 unspecified atom stereocenters. The fourth-order valence-corrected chi connectivity index (χ4v) is 6.77. The molecule has 0 radical (unpaired) electrons. The van der Waals surface area contributed by atoms with Crippen molar-refractivity contribution in [2.45, 2.75) is 6.54 Å². The molecule has 2 N–H and O–H groups in total. The number of para-hydroxylation sites is 1.